The predicted octanol–water partition coefficient (Wildman–Crippen LogP) is 2.08. The van der Waals surface area contributed by atoms with E-state index in [2.05, 4.69) is 23.3 Å². The maximum absolute atomic E-state index is 5.56. The average molecular weight is 220 g/mol. The smallest absolute Gasteiger partial charge is 0.0512 e. The summed E-state index contributed by atoms with van der Waals surface area (Å²) in [5.74, 6) is 0.572. The van der Waals surface area contributed by atoms with E-state index in [9.17, 15) is 0 Å². The summed E-state index contributed by atoms with van der Waals surface area (Å²) in [5.41, 5.74) is 2.49. The zero-order chi connectivity index (χ0) is 11.4. The molecule has 88 valence electrons. The minimum absolute atomic E-state index is 0.368. The van der Waals surface area contributed by atoms with Gasteiger partial charge >= 0.3 is 0 Å². The minimum Gasteiger partial charge on any atom is -0.381 e. The van der Waals surface area contributed by atoms with Gasteiger partial charge in [0.1, 0.15) is 0 Å². The fraction of sp³-hybridized carbons (Fsp3) is 0.615. The molecule has 1 saturated heterocycles. The summed E-state index contributed by atoms with van der Waals surface area (Å²) < 4.78 is 5.56. The highest BCUT2D eigenvalue weighted by Crippen LogP contribution is 2.28. The van der Waals surface area contributed by atoms with Gasteiger partial charge in [0, 0.05) is 31.0 Å². The topological polar surface area (TPSA) is 34.2 Å². The van der Waals surface area contributed by atoms with E-state index in [1.54, 1.807) is 0 Å². The van der Waals surface area contributed by atoms with E-state index in [1.807, 2.05) is 19.4 Å². The summed E-state index contributed by atoms with van der Waals surface area (Å²) in [6.07, 6.45) is 6.26. The van der Waals surface area contributed by atoms with Crippen LogP contribution in [0.3, 0.4) is 0 Å². The van der Waals surface area contributed by atoms with Crippen LogP contribution in [0.15, 0.2) is 18.5 Å². The van der Waals surface area contributed by atoms with E-state index >= 15 is 0 Å². The molecule has 1 aromatic rings. The van der Waals surface area contributed by atoms with Crippen molar-refractivity contribution in [2.75, 3.05) is 20.3 Å². The number of aryl methyl sites for hydroxylation is 1. The van der Waals surface area contributed by atoms with Crippen molar-refractivity contribution >= 4 is 0 Å². The van der Waals surface area contributed by atoms with Crippen LogP contribution < -0.4 is 5.32 Å². The van der Waals surface area contributed by atoms with Crippen molar-refractivity contribution in [2.45, 2.75) is 25.8 Å². The molecule has 3 heteroatoms. The van der Waals surface area contributed by atoms with Crippen molar-refractivity contribution < 1.29 is 4.74 Å². The maximum Gasteiger partial charge on any atom is 0.0512 e. The first-order valence-corrected chi connectivity index (χ1v) is 5.98. The Morgan fingerprint density at radius 2 is 2.38 bits per heavy atom. The average Bonchev–Trinajstić information content (AvgIpc) is 2.31. The van der Waals surface area contributed by atoms with Crippen LogP contribution in [0, 0.1) is 12.8 Å². The molecule has 3 nitrogen and oxygen atoms in total. The normalized spacial score (nSPS) is 23.0. The fourth-order valence-electron chi connectivity index (χ4n) is 2.45. The molecule has 2 atom stereocenters. The number of nitrogens with one attached hydrogen (secondary N) is 1. The third-order valence-electron chi connectivity index (χ3n) is 3.23. The Hall–Kier alpha value is -0.930. The number of hydrogen-bond donors (Lipinski definition) is 1. The van der Waals surface area contributed by atoms with Crippen LogP contribution in [0.1, 0.15) is 30.0 Å². The Morgan fingerprint density at radius 1 is 1.50 bits per heavy atom. The molecule has 2 rings (SSSR count). The summed E-state index contributed by atoms with van der Waals surface area (Å²) in [7, 11) is 2.02. The zero-order valence-corrected chi connectivity index (χ0v) is 10.1. The third-order valence-corrected chi connectivity index (χ3v) is 3.23. The van der Waals surface area contributed by atoms with Crippen LogP contribution in [-0.2, 0) is 4.74 Å². The Bertz CT molecular complexity index is 334. The number of pyridine rings is 1. The first-order chi connectivity index (χ1) is 7.81. The Labute approximate surface area is 97.2 Å². The highest BCUT2D eigenvalue weighted by atomic mass is 16.5. The summed E-state index contributed by atoms with van der Waals surface area (Å²) in [4.78, 5) is 4.27. The van der Waals surface area contributed by atoms with Crippen molar-refractivity contribution in [2.24, 2.45) is 5.92 Å². The van der Waals surface area contributed by atoms with Gasteiger partial charge in [-0.15, -0.1) is 0 Å². The zero-order valence-electron chi connectivity index (χ0n) is 10.1. The molecule has 1 N–H and O–H groups in total. The summed E-state index contributed by atoms with van der Waals surface area (Å²) in [5, 5.41) is 3.40. The highest BCUT2D eigenvalue weighted by molar-refractivity contribution is 5.21. The van der Waals surface area contributed by atoms with Crippen LogP contribution in [0.4, 0.5) is 0 Å². The first kappa shape index (κ1) is 11.6. The van der Waals surface area contributed by atoms with E-state index in [4.69, 9.17) is 4.74 Å². The number of aromatic nitrogens is 1. The molecule has 1 aromatic heterocycles. The van der Waals surface area contributed by atoms with E-state index in [0.29, 0.717) is 12.0 Å². The van der Waals surface area contributed by atoms with Gasteiger partial charge in [-0.05, 0) is 37.9 Å². The molecule has 2 heterocycles. The van der Waals surface area contributed by atoms with Gasteiger partial charge in [-0.2, -0.15) is 0 Å². The van der Waals surface area contributed by atoms with Gasteiger partial charge in [0.05, 0.1) is 6.61 Å². The minimum atomic E-state index is 0.368. The molecule has 0 aliphatic carbocycles. The fourth-order valence-corrected chi connectivity index (χ4v) is 2.45. The molecule has 1 aliphatic rings. The van der Waals surface area contributed by atoms with E-state index in [1.165, 1.54) is 24.0 Å². The Balaban J connectivity index is 2.14. The van der Waals surface area contributed by atoms with Crippen molar-refractivity contribution in [1.82, 2.24) is 10.3 Å². The predicted molar refractivity (Wildman–Crippen MR) is 64.3 cm³/mol. The van der Waals surface area contributed by atoms with Gasteiger partial charge in [-0.25, -0.2) is 0 Å². The van der Waals surface area contributed by atoms with Crippen LogP contribution >= 0.6 is 0 Å². The SMILES string of the molecule is CNC(c1cncc(C)c1)C1CCCOC1. The van der Waals surface area contributed by atoms with E-state index in [-0.39, 0.29) is 0 Å². The first-order valence-electron chi connectivity index (χ1n) is 5.98. The lowest BCUT2D eigenvalue weighted by Gasteiger charge is -2.30. The summed E-state index contributed by atoms with van der Waals surface area (Å²) in [6.45, 7) is 3.86. The summed E-state index contributed by atoms with van der Waals surface area (Å²) >= 11 is 0. The van der Waals surface area contributed by atoms with Gasteiger partial charge in [0.15, 0.2) is 0 Å². The molecule has 1 aliphatic heterocycles. The number of nitrogens with zero attached hydrogens (tertiary/aromatic N) is 1. The highest BCUT2D eigenvalue weighted by Gasteiger charge is 2.24. The van der Waals surface area contributed by atoms with Crippen LogP contribution in [-0.4, -0.2) is 25.2 Å². The second-order valence-corrected chi connectivity index (χ2v) is 4.54. The molecule has 1 fully saturated rings. The maximum atomic E-state index is 5.56. The van der Waals surface area contributed by atoms with Gasteiger partial charge < -0.3 is 10.1 Å². The van der Waals surface area contributed by atoms with Crippen molar-refractivity contribution in [1.29, 1.82) is 0 Å². The van der Waals surface area contributed by atoms with Gasteiger partial charge in [0.25, 0.3) is 0 Å². The number of hydrogen-bond acceptors (Lipinski definition) is 3. The number of rotatable bonds is 3. The molecule has 0 bridgehead atoms. The second-order valence-electron chi connectivity index (χ2n) is 4.54. The molecule has 0 saturated carbocycles. The standard InChI is InChI=1S/C13H20N2O/c1-10-6-12(8-15-7-10)13(14-2)11-4-3-5-16-9-11/h6-8,11,13-14H,3-5,9H2,1-2H3. The van der Waals surface area contributed by atoms with Crippen LogP contribution in [0.2, 0.25) is 0 Å². The molecular formula is C13H20N2O. The summed E-state index contributed by atoms with van der Waals surface area (Å²) in [6, 6.07) is 2.58. The van der Waals surface area contributed by atoms with Crippen LogP contribution in [0.25, 0.3) is 0 Å². The lowest BCUT2D eigenvalue weighted by molar-refractivity contribution is 0.0401. The van der Waals surface area contributed by atoms with Gasteiger partial charge in [-0.3, -0.25) is 4.98 Å². The molecular weight excluding hydrogens is 200 g/mol. The Morgan fingerprint density at radius 3 is 3.00 bits per heavy atom. The molecule has 2 unspecified atom stereocenters. The van der Waals surface area contributed by atoms with Crippen molar-refractivity contribution in [3.05, 3.63) is 29.6 Å². The van der Waals surface area contributed by atoms with Crippen molar-refractivity contribution in [3.63, 3.8) is 0 Å². The Kier molecular flexibility index (Phi) is 3.91. The van der Waals surface area contributed by atoms with Gasteiger partial charge in [0.2, 0.25) is 0 Å². The van der Waals surface area contributed by atoms with Crippen molar-refractivity contribution in [3.8, 4) is 0 Å². The second kappa shape index (κ2) is 5.41. The largest absolute Gasteiger partial charge is 0.381 e. The monoisotopic (exact) mass is 220 g/mol. The molecule has 16 heavy (non-hydrogen) atoms. The molecule has 0 spiro atoms. The lowest BCUT2D eigenvalue weighted by Crippen LogP contribution is -2.31. The van der Waals surface area contributed by atoms with Gasteiger partial charge in [-0.1, -0.05) is 6.07 Å². The quantitative estimate of drug-likeness (QED) is 0.847. The molecule has 0 radical (unpaired) electrons. The third kappa shape index (κ3) is 2.60. The molecule has 0 amide bonds. The van der Waals surface area contributed by atoms with E-state index < -0.39 is 0 Å². The molecule has 0 aromatic carbocycles. The number of ether oxygens (including phenoxy) is 1. The van der Waals surface area contributed by atoms with E-state index in [0.717, 1.165) is 13.2 Å². The lowest BCUT2D eigenvalue weighted by atomic mass is 9.89. The van der Waals surface area contributed by atoms with Crippen LogP contribution in [0.5, 0.6) is 0 Å².